The van der Waals surface area contributed by atoms with E-state index in [4.69, 9.17) is 0 Å². The number of halogens is 3. The van der Waals surface area contributed by atoms with Crippen LogP contribution < -0.4 is 0 Å². The minimum Gasteiger partial charge on any atom is -0.499 e. The third kappa shape index (κ3) is 1.48. The van der Waals surface area contributed by atoms with Crippen LogP contribution in [0.25, 0.3) is 10.1 Å². The zero-order valence-corrected chi connectivity index (χ0v) is 9.77. The summed E-state index contributed by atoms with van der Waals surface area (Å²) in [5.41, 5.74) is -0.00860. The Morgan fingerprint density at radius 2 is 2.07 bits per heavy atom. The van der Waals surface area contributed by atoms with Crippen molar-refractivity contribution in [2.45, 2.75) is 6.43 Å². The van der Waals surface area contributed by atoms with E-state index < -0.39 is 6.43 Å². The van der Waals surface area contributed by atoms with Crippen molar-refractivity contribution in [2.24, 2.45) is 0 Å². The molecule has 1 nitrogen and oxygen atoms in total. The van der Waals surface area contributed by atoms with Gasteiger partial charge in [-0.3, -0.25) is 0 Å². The maximum atomic E-state index is 12.6. The number of hydrogen-bond acceptors (Lipinski definition) is 2. The molecule has 0 aliphatic rings. The zero-order chi connectivity index (χ0) is 10.3. The summed E-state index contributed by atoms with van der Waals surface area (Å²) >= 11 is 2.96. The molecule has 0 bridgehead atoms. The lowest BCUT2D eigenvalue weighted by atomic mass is 10.2. The van der Waals surface area contributed by atoms with E-state index in [0.717, 1.165) is 11.3 Å². The summed E-state index contributed by atoms with van der Waals surface area (Å²) in [6.45, 7) is 0. The van der Waals surface area contributed by atoms with Crippen LogP contribution in [0.4, 0.5) is 8.78 Å². The summed E-state index contributed by atoms with van der Waals surface area (Å²) in [6.07, 6.45) is -2.49. The molecule has 0 spiro atoms. The number of thiophene rings is 1. The molecule has 0 fully saturated rings. The van der Waals surface area contributed by atoms with Gasteiger partial charge in [0.1, 0.15) is 0 Å². The first kappa shape index (κ1) is 10.1. The van der Waals surface area contributed by atoms with Gasteiger partial charge in [-0.2, -0.15) is 0 Å². The summed E-state index contributed by atoms with van der Waals surface area (Å²) in [6, 6.07) is 4.70. The minimum absolute atomic E-state index is 0.00860. The first-order valence-electron chi connectivity index (χ1n) is 3.79. The molecule has 0 aliphatic carbocycles. The molecule has 1 aromatic heterocycles. The lowest BCUT2D eigenvalue weighted by Crippen LogP contribution is -1.82. The molecular formula is C9H5F2IOS. The summed E-state index contributed by atoms with van der Waals surface area (Å²) in [7, 11) is 0. The van der Waals surface area contributed by atoms with Crippen molar-refractivity contribution < 1.29 is 13.9 Å². The van der Waals surface area contributed by atoms with Crippen LogP contribution in [0.2, 0.25) is 0 Å². The Bertz CT molecular complexity index is 481. The highest BCUT2D eigenvalue weighted by atomic mass is 127. The van der Waals surface area contributed by atoms with Crippen molar-refractivity contribution in [3.63, 3.8) is 0 Å². The highest BCUT2D eigenvalue weighted by molar-refractivity contribution is 14.1. The van der Waals surface area contributed by atoms with E-state index in [1.807, 2.05) is 22.6 Å². The zero-order valence-electron chi connectivity index (χ0n) is 6.80. The van der Waals surface area contributed by atoms with Crippen LogP contribution in [0.1, 0.15) is 12.0 Å². The van der Waals surface area contributed by atoms with Crippen molar-refractivity contribution in [2.75, 3.05) is 0 Å². The Morgan fingerprint density at radius 1 is 1.36 bits per heavy atom. The molecule has 5 heteroatoms. The molecule has 0 saturated carbocycles. The van der Waals surface area contributed by atoms with E-state index in [-0.39, 0.29) is 10.6 Å². The second-order valence-corrected chi connectivity index (χ2v) is 4.82. The molecule has 0 aliphatic heterocycles. The lowest BCUT2D eigenvalue weighted by molar-refractivity contribution is 0.153. The van der Waals surface area contributed by atoms with Crippen molar-refractivity contribution in [3.8, 4) is 5.06 Å². The Labute approximate surface area is 96.5 Å². The van der Waals surface area contributed by atoms with Crippen molar-refractivity contribution >= 4 is 44.0 Å². The number of alkyl halides is 2. The Morgan fingerprint density at radius 3 is 2.71 bits per heavy atom. The smallest absolute Gasteiger partial charge is 0.265 e. The van der Waals surface area contributed by atoms with E-state index in [1.165, 1.54) is 6.07 Å². The second-order valence-electron chi connectivity index (χ2n) is 2.75. The maximum Gasteiger partial charge on any atom is 0.265 e. The van der Waals surface area contributed by atoms with Gasteiger partial charge in [-0.25, -0.2) is 8.78 Å². The molecule has 0 amide bonds. The highest BCUT2D eigenvalue weighted by Crippen LogP contribution is 2.41. The topological polar surface area (TPSA) is 20.2 Å². The Balaban J connectivity index is 2.81. The summed E-state index contributed by atoms with van der Waals surface area (Å²) < 4.78 is 26.2. The van der Waals surface area contributed by atoms with Crippen molar-refractivity contribution in [1.82, 2.24) is 0 Å². The van der Waals surface area contributed by atoms with Gasteiger partial charge in [0, 0.05) is 15.6 Å². The largest absolute Gasteiger partial charge is 0.499 e. The average molecular weight is 326 g/mol. The summed E-state index contributed by atoms with van der Waals surface area (Å²) in [4.78, 5) is 0. The van der Waals surface area contributed by atoms with Gasteiger partial charge in [0.15, 0.2) is 5.06 Å². The SMILES string of the molecule is Oc1sc2c(C(F)F)cccc2c1I. The van der Waals surface area contributed by atoms with Gasteiger partial charge in [0.2, 0.25) is 0 Å². The van der Waals surface area contributed by atoms with Gasteiger partial charge in [-0.1, -0.05) is 29.5 Å². The third-order valence-electron chi connectivity index (χ3n) is 1.90. The third-order valence-corrected chi connectivity index (χ3v) is 4.42. The van der Waals surface area contributed by atoms with Gasteiger partial charge >= 0.3 is 0 Å². The van der Waals surface area contributed by atoms with Gasteiger partial charge in [-0.15, -0.1) is 0 Å². The van der Waals surface area contributed by atoms with Crippen LogP contribution in [0.5, 0.6) is 5.06 Å². The van der Waals surface area contributed by atoms with Crippen LogP contribution in [0.3, 0.4) is 0 Å². The van der Waals surface area contributed by atoms with Crippen molar-refractivity contribution in [3.05, 3.63) is 27.3 Å². The Hall–Kier alpha value is -0.430. The lowest BCUT2D eigenvalue weighted by Gasteiger charge is -1.99. The van der Waals surface area contributed by atoms with E-state index in [1.54, 1.807) is 12.1 Å². The molecule has 1 aromatic carbocycles. The number of benzene rings is 1. The highest BCUT2D eigenvalue weighted by Gasteiger charge is 2.16. The van der Waals surface area contributed by atoms with Crippen LogP contribution in [0, 0.1) is 3.57 Å². The minimum atomic E-state index is -2.49. The van der Waals surface area contributed by atoms with E-state index in [9.17, 15) is 13.9 Å². The second kappa shape index (κ2) is 3.62. The number of rotatable bonds is 1. The molecule has 1 N–H and O–H groups in total. The maximum absolute atomic E-state index is 12.6. The van der Waals surface area contributed by atoms with Gasteiger partial charge < -0.3 is 5.11 Å². The van der Waals surface area contributed by atoms with Gasteiger partial charge in [-0.05, 0) is 22.6 Å². The van der Waals surface area contributed by atoms with Crippen LogP contribution >= 0.6 is 33.9 Å². The van der Waals surface area contributed by atoms with Crippen LogP contribution in [-0.2, 0) is 0 Å². The summed E-state index contributed by atoms with van der Waals surface area (Å²) in [5.74, 6) is 0. The molecule has 74 valence electrons. The first-order valence-corrected chi connectivity index (χ1v) is 5.69. The van der Waals surface area contributed by atoms with Crippen LogP contribution in [0.15, 0.2) is 18.2 Å². The fourth-order valence-corrected chi connectivity index (χ4v) is 3.18. The summed E-state index contributed by atoms with van der Waals surface area (Å²) in [5, 5.41) is 10.2. The molecule has 2 rings (SSSR count). The first-order chi connectivity index (χ1) is 6.61. The average Bonchev–Trinajstić information content (AvgIpc) is 2.43. The molecular weight excluding hydrogens is 321 g/mol. The number of hydrogen-bond donors (Lipinski definition) is 1. The van der Waals surface area contributed by atoms with E-state index >= 15 is 0 Å². The van der Waals surface area contributed by atoms with Crippen LogP contribution in [-0.4, -0.2) is 5.11 Å². The van der Waals surface area contributed by atoms with Gasteiger partial charge in [0.25, 0.3) is 6.43 Å². The van der Waals surface area contributed by atoms with E-state index in [2.05, 4.69) is 0 Å². The monoisotopic (exact) mass is 326 g/mol. The molecule has 0 radical (unpaired) electrons. The number of fused-ring (bicyclic) bond motifs is 1. The normalized spacial score (nSPS) is 11.4. The molecule has 0 unspecified atom stereocenters. The molecule has 2 aromatic rings. The molecule has 14 heavy (non-hydrogen) atoms. The van der Waals surface area contributed by atoms with Gasteiger partial charge in [0.05, 0.1) is 3.57 Å². The molecule has 1 heterocycles. The predicted molar refractivity (Wildman–Crippen MR) is 61.2 cm³/mol. The molecule has 0 atom stereocenters. The fourth-order valence-electron chi connectivity index (χ4n) is 1.27. The Kier molecular flexibility index (Phi) is 2.61. The quantitative estimate of drug-likeness (QED) is 0.781. The molecule has 0 saturated heterocycles. The van der Waals surface area contributed by atoms with Crippen molar-refractivity contribution in [1.29, 1.82) is 0 Å². The fraction of sp³-hybridized carbons (Fsp3) is 0.111. The number of aromatic hydroxyl groups is 1. The van der Waals surface area contributed by atoms with E-state index in [0.29, 0.717) is 13.7 Å². The predicted octanol–water partition coefficient (Wildman–Crippen LogP) is 4.15. The standard InChI is InChI=1S/C9H5F2IOS/c10-8(11)5-3-1-2-4-6(12)9(13)14-7(4)5/h1-3,8,13H.